The summed E-state index contributed by atoms with van der Waals surface area (Å²) in [6, 6.07) is 9.45. The van der Waals surface area contributed by atoms with Gasteiger partial charge in [-0.3, -0.25) is 0 Å². The van der Waals surface area contributed by atoms with Crippen molar-refractivity contribution >= 4 is 22.9 Å². The number of nitrogens with zero attached hydrogens (tertiary/aromatic N) is 4. The summed E-state index contributed by atoms with van der Waals surface area (Å²) in [7, 11) is 3.18. The van der Waals surface area contributed by atoms with Gasteiger partial charge in [0.2, 0.25) is 0 Å². The fourth-order valence-electron chi connectivity index (χ4n) is 4.30. The maximum absolute atomic E-state index is 12.9. The van der Waals surface area contributed by atoms with Crippen LogP contribution in [0.15, 0.2) is 36.5 Å². The van der Waals surface area contributed by atoms with E-state index in [9.17, 15) is 4.79 Å². The Morgan fingerprint density at radius 3 is 2.66 bits per heavy atom. The molecule has 3 aromatic rings. The summed E-state index contributed by atoms with van der Waals surface area (Å²) in [4.78, 5) is 24.3. The quantitative estimate of drug-likeness (QED) is 0.613. The molecule has 0 unspecified atom stereocenters. The highest BCUT2D eigenvalue weighted by Crippen LogP contribution is 2.31. The Kier molecular flexibility index (Phi) is 6.48. The summed E-state index contributed by atoms with van der Waals surface area (Å²) in [6.45, 7) is 5.74. The Bertz CT molecular complexity index is 1090. The van der Waals surface area contributed by atoms with E-state index in [1.807, 2.05) is 23.2 Å². The number of benzene rings is 1. The number of carbonyl (C=O) groups is 1. The number of urea groups is 1. The number of rotatable bonds is 6. The number of methoxy groups -OCH3 is 2. The van der Waals surface area contributed by atoms with Gasteiger partial charge in [0.1, 0.15) is 22.8 Å². The molecule has 1 aromatic carbocycles. The van der Waals surface area contributed by atoms with Crippen molar-refractivity contribution < 1.29 is 14.3 Å². The summed E-state index contributed by atoms with van der Waals surface area (Å²) in [6.07, 6.45) is 4.45. The molecule has 0 aliphatic carbocycles. The van der Waals surface area contributed by atoms with Crippen LogP contribution in [0.25, 0.3) is 11.2 Å². The highest BCUT2D eigenvalue weighted by molar-refractivity contribution is 5.91. The molecule has 2 amide bonds. The highest BCUT2D eigenvalue weighted by atomic mass is 16.5. The Balaban J connectivity index is 1.48. The number of hydrogen-bond donors (Lipinski definition) is 1. The molecule has 8 heteroatoms. The van der Waals surface area contributed by atoms with Gasteiger partial charge in [0.05, 0.1) is 19.9 Å². The molecule has 8 nitrogen and oxygen atoms in total. The number of aromatic nitrogens is 3. The number of pyridine rings is 1. The molecule has 3 heterocycles. The predicted octanol–water partition coefficient (Wildman–Crippen LogP) is 4.52. The zero-order chi connectivity index (χ0) is 22.7. The molecule has 32 heavy (non-hydrogen) atoms. The van der Waals surface area contributed by atoms with E-state index in [0.29, 0.717) is 36.2 Å². The average molecular weight is 438 g/mol. The standard InChI is InChI=1S/C24H31N5O3/c1-16(2)14-22-26-19-6-5-11-25-23(19)29(22)17-9-12-28(13-10-17)24(30)27-20-15-18(31-3)7-8-21(20)32-4/h5-8,11,15-17H,9-10,12-14H2,1-4H3,(H,27,30). The van der Waals surface area contributed by atoms with Gasteiger partial charge in [-0.05, 0) is 43.0 Å². The van der Waals surface area contributed by atoms with Gasteiger partial charge < -0.3 is 24.3 Å². The molecule has 1 aliphatic rings. The first-order valence-corrected chi connectivity index (χ1v) is 11.1. The molecule has 170 valence electrons. The van der Waals surface area contributed by atoms with Crippen LogP contribution in [-0.2, 0) is 6.42 Å². The number of nitrogens with one attached hydrogen (secondary N) is 1. The first-order valence-electron chi connectivity index (χ1n) is 11.1. The summed E-state index contributed by atoms with van der Waals surface area (Å²) in [5, 5.41) is 2.97. The third kappa shape index (κ3) is 4.49. The average Bonchev–Trinajstić information content (AvgIpc) is 3.16. The lowest BCUT2D eigenvalue weighted by Gasteiger charge is -2.33. The third-order valence-corrected chi connectivity index (χ3v) is 5.88. The highest BCUT2D eigenvalue weighted by Gasteiger charge is 2.27. The van der Waals surface area contributed by atoms with Gasteiger partial charge in [-0.2, -0.15) is 0 Å². The molecular weight excluding hydrogens is 406 g/mol. The summed E-state index contributed by atoms with van der Waals surface area (Å²) < 4.78 is 13.0. The number of ether oxygens (including phenoxy) is 2. The van der Waals surface area contributed by atoms with Crippen molar-refractivity contribution in [3.8, 4) is 11.5 Å². The van der Waals surface area contributed by atoms with Gasteiger partial charge in [0.25, 0.3) is 0 Å². The molecule has 1 aliphatic heterocycles. The van der Waals surface area contributed by atoms with Crippen LogP contribution in [0, 0.1) is 5.92 Å². The SMILES string of the molecule is COc1ccc(OC)c(NC(=O)N2CCC(n3c(CC(C)C)nc4cccnc43)CC2)c1. The Morgan fingerprint density at radius 2 is 1.97 bits per heavy atom. The zero-order valence-electron chi connectivity index (χ0n) is 19.2. The van der Waals surface area contributed by atoms with E-state index in [4.69, 9.17) is 14.5 Å². The van der Waals surface area contributed by atoms with Crippen molar-refractivity contribution in [2.45, 2.75) is 39.2 Å². The van der Waals surface area contributed by atoms with E-state index < -0.39 is 0 Å². The normalized spacial score (nSPS) is 14.7. The van der Waals surface area contributed by atoms with E-state index >= 15 is 0 Å². The number of piperidine rings is 1. The summed E-state index contributed by atoms with van der Waals surface area (Å²) >= 11 is 0. The Hall–Kier alpha value is -3.29. The molecule has 1 fully saturated rings. The van der Waals surface area contributed by atoms with Gasteiger partial charge in [-0.1, -0.05) is 13.8 Å². The first-order chi connectivity index (χ1) is 15.5. The van der Waals surface area contributed by atoms with E-state index in [1.165, 1.54) is 0 Å². The molecule has 1 N–H and O–H groups in total. The second-order valence-corrected chi connectivity index (χ2v) is 8.56. The first kappa shape index (κ1) is 21.9. The van der Waals surface area contributed by atoms with Gasteiger partial charge >= 0.3 is 6.03 Å². The van der Waals surface area contributed by atoms with E-state index in [1.54, 1.807) is 32.4 Å². The van der Waals surface area contributed by atoms with E-state index in [2.05, 4.69) is 28.7 Å². The van der Waals surface area contributed by atoms with Crippen LogP contribution in [0.3, 0.4) is 0 Å². The van der Waals surface area contributed by atoms with E-state index in [-0.39, 0.29) is 12.1 Å². The van der Waals surface area contributed by atoms with Crippen molar-refractivity contribution in [3.63, 3.8) is 0 Å². The number of hydrogen-bond acceptors (Lipinski definition) is 5. The molecule has 1 saturated heterocycles. The maximum Gasteiger partial charge on any atom is 0.321 e. The third-order valence-electron chi connectivity index (χ3n) is 5.88. The number of likely N-dealkylation sites (tertiary alicyclic amines) is 1. The maximum atomic E-state index is 12.9. The zero-order valence-corrected chi connectivity index (χ0v) is 19.2. The summed E-state index contributed by atoms with van der Waals surface area (Å²) in [5.74, 6) is 2.85. The van der Waals surface area contributed by atoms with Crippen molar-refractivity contribution in [1.29, 1.82) is 0 Å². The van der Waals surface area contributed by atoms with Crippen LogP contribution >= 0.6 is 0 Å². The van der Waals surface area contributed by atoms with Crippen LogP contribution in [0.5, 0.6) is 11.5 Å². The van der Waals surface area contributed by atoms with Crippen LogP contribution in [0.1, 0.15) is 38.6 Å². The molecule has 0 radical (unpaired) electrons. The van der Waals surface area contributed by atoms with E-state index in [0.717, 1.165) is 36.3 Å². The number of carbonyl (C=O) groups excluding carboxylic acids is 1. The number of anilines is 1. The van der Waals surface area contributed by atoms with Gasteiger partial charge in [-0.25, -0.2) is 14.8 Å². The second kappa shape index (κ2) is 9.46. The number of fused-ring (bicyclic) bond motifs is 1. The lowest BCUT2D eigenvalue weighted by atomic mass is 10.0. The number of imidazole rings is 1. The van der Waals surface area contributed by atoms with Crippen molar-refractivity contribution in [2.24, 2.45) is 5.92 Å². The van der Waals surface area contributed by atoms with Crippen molar-refractivity contribution in [3.05, 3.63) is 42.4 Å². The predicted molar refractivity (Wildman–Crippen MR) is 124 cm³/mol. The monoisotopic (exact) mass is 437 g/mol. The molecule has 0 saturated carbocycles. The molecule has 0 spiro atoms. The molecule has 4 rings (SSSR count). The lowest BCUT2D eigenvalue weighted by molar-refractivity contribution is 0.183. The minimum absolute atomic E-state index is 0.133. The minimum Gasteiger partial charge on any atom is -0.497 e. The molecule has 2 aromatic heterocycles. The van der Waals surface area contributed by atoms with Crippen molar-refractivity contribution in [2.75, 3.05) is 32.6 Å². The van der Waals surface area contributed by atoms with Crippen LogP contribution in [0.2, 0.25) is 0 Å². The molecular formula is C24H31N5O3. The number of amides is 2. The second-order valence-electron chi connectivity index (χ2n) is 8.56. The van der Waals surface area contributed by atoms with Crippen molar-refractivity contribution in [1.82, 2.24) is 19.4 Å². The smallest absolute Gasteiger partial charge is 0.321 e. The lowest BCUT2D eigenvalue weighted by Crippen LogP contribution is -2.41. The van der Waals surface area contributed by atoms with Gasteiger partial charge in [0, 0.05) is 37.8 Å². The summed E-state index contributed by atoms with van der Waals surface area (Å²) in [5.41, 5.74) is 2.48. The minimum atomic E-state index is -0.133. The van der Waals surface area contributed by atoms with Crippen LogP contribution < -0.4 is 14.8 Å². The topological polar surface area (TPSA) is 81.5 Å². The molecule has 0 atom stereocenters. The van der Waals surface area contributed by atoms with Gasteiger partial charge in [0.15, 0.2) is 5.65 Å². The van der Waals surface area contributed by atoms with Crippen LogP contribution in [0.4, 0.5) is 10.5 Å². The largest absolute Gasteiger partial charge is 0.497 e. The van der Waals surface area contributed by atoms with Crippen LogP contribution in [-0.4, -0.2) is 52.8 Å². The van der Waals surface area contributed by atoms with Gasteiger partial charge in [-0.15, -0.1) is 0 Å². The fraction of sp³-hybridized carbons (Fsp3) is 0.458. The fourth-order valence-corrected chi connectivity index (χ4v) is 4.30. The molecule has 0 bridgehead atoms. The Labute approximate surface area is 188 Å². The Morgan fingerprint density at radius 1 is 1.19 bits per heavy atom.